The van der Waals surface area contributed by atoms with Crippen molar-refractivity contribution in [2.45, 2.75) is 45.4 Å². The van der Waals surface area contributed by atoms with Gasteiger partial charge in [-0.2, -0.15) is 4.31 Å². The lowest BCUT2D eigenvalue weighted by molar-refractivity contribution is -0.120. The maximum atomic E-state index is 13.4. The summed E-state index contributed by atoms with van der Waals surface area (Å²) < 4.78 is 28.4. The summed E-state index contributed by atoms with van der Waals surface area (Å²) in [5, 5.41) is 12.3. The fraction of sp³-hybridized carbons (Fsp3) is 0.375. The lowest BCUT2D eigenvalue weighted by Crippen LogP contribution is -2.41. The van der Waals surface area contributed by atoms with Crippen molar-refractivity contribution in [2.24, 2.45) is 5.92 Å². The highest BCUT2D eigenvalue weighted by atomic mass is 32.2. The molecule has 7 nitrogen and oxygen atoms in total. The molecule has 1 saturated heterocycles. The van der Waals surface area contributed by atoms with Gasteiger partial charge < -0.3 is 5.32 Å². The van der Waals surface area contributed by atoms with Gasteiger partial charge in [-0.25, -0.2) is 8.42 Å². The van der Waals surface area contributed by atoms with Crippen LogP contribution >= 0.6 is 11.3 Å². The minimum Gasteiger partial charge on any atom is -0.300 e. The monoisotopic (exact) mass is 484 g/mol. The summed E-state index contributed by atoms with van der Waals surface area (Å²) in [4.78, 5) is 13.2. The molecule has 0 spiro atoms. The Morgan fingerprint density at radius 2 is 1.61 bits per heavy atom. The zero-order chi connectivity index (χ0) is 23.8. The highest BCUT2D eigenvalue weighted by Crippen LogP contribution is 2.32. The van der Waals surface area contributed by atoms with Gasteiger partial charge in [-0.3, -0.25) is 4.79 Å². The van der Waals surface area contributed by atoms with E-state index in [0.717, 1.165) is 32.8 Å². The van der Waals surface area contributed by atoms with Gasteiger partial charge in [0.25, 0.3) is 0 Å². The summed E-state index contributed by atoms with van der Waals surface area (Å²) in [5.41, 5.74) is 4.48. The van der Waals surface area contributed by atoms with Gasteiger partial charge >= 0.3 is 0 Å². The number of sulfonamides is 1. The Labute approximate surface area is 198 Å². The van der Waals surface area contributed by atoms with Gasteiger partial charge in [0.15, 0.2) is 0 Å². The van der Waals surface area contributed by atoms with Gasteiger partial charge in [-0.1, -0.05) is 47.7 Å². The van der Waals surface area contributed by atoms with Gasteiger partial charge in [-0.15, -0.1) is 10.2 Å². The molecule has 174 valence electrons. The second-order valence-corrected chi connectivity index (χ2v) is 11.4. The van der Waals surface area contributed by atoms with Crippen LogP contribution in [-0.4, -0.2) is 41.9 Å². The average Bonchev–Trinajstić information content (AvgIpc) is 3.27. The summed E-state index contributed by atoms with van der Waals surface area (Å²) in [5.74, 6) is -0.400. The lowest BCUT2D eigenvalue weighted by Gasteiger charge is -2.31. The number of benzene rings is 2. The number of piperidine rings is 1. The van der Waals surface area contributed by atoms with Gasteiger partial charge in [0.1, 0.15) is 5.01 Å². The number of hydrogen-bond donors (Lipinski definition) is 1. The first kappa shape index (κ1) is 23.5. The van der Waals surface area contributed by atoms with E-state index in [1.54, 1.807) is 0 Å². The van der Waals surface area contributed by atoms with Crippen LogP contribution in [0.15, 0.2) is 41.3 Å². The van der Waals surface area contributed by atoms with Gasteiger partial charge in [0, 0.05) is 24.6 Å². The summed E-state index contributed by atoms with van der Waals surface area (Å²) >= 11 is 1.33. The van der Waals surface area contributed by atoms with Crippen LogP contribution in [0.3, 0.4) is 0 Å². The van der Waals surface area contributed by atoms with Crippen molar-refractivity contribution in [3.8, 4) is 10.6 Å². The van der Waals surface area contributed by atoms with Crippen molar-refractivity contribution in [1.29, 1.82) is 0 Å². The number of anilines is 1. The van der Waals surface area contributed by atoms with E-state index in [4.69, 9.17) is 0 Å². The van der Waals surface area contributed by atoms with Crippen LogP contribution in [0.2, 0.25) is 0 Å². The van der Waals surface area contributed by atoms with E-state index in [-0.39, 0.29) is 11.8 Å². The molecule has 2 heterocycles. The molecule has 1 fully saturated rings. The second kappa shape index (κ2) is 9.32. The van der Waals surface area contributed by atoms with Crippen LogP contribution in [0, 0.1) is 33.6 Å². The molecule has 1 aliphatic rings. The first-order valence-electron chi connectivity index (χ1n) is 11.0. The molecular weight excluding hydrogens is 456 g/mol. The number of aryl methyl sites for hydroxylation is 2. The van der Waals surface area contributed by atoms with Gasteiger partial charge in [0.2, 0.25) is 21.1 Å². The summed E-state index contributed by atoms with van der Waals surface area (Å²) in [6.45, 7) is 8.23. The fourth-order valence-electron chi connectivity index (χ4n) is 4.23. The zero-order valence-corrected chi connectivity index (χ0v) is 20.9. The minimum atomic E-state index is -3.62. The Bertz CT molecular complexity index is 1250. The molecule has 0 saturated carbocycles. The van der Waals surface area contributed by atoms with E-state index in [2.05, 4.69) is 15.5 Å². The molecule has 33 heavy (non-hydrogen) atoms. The second-order valence-electron chi connectivity index (χ2n) is 8.54. The summed E-state index contributed by atoms with van der Waals surface area (Å²) in [6.07, 6.45) is 0.941. The Kier molecular flexibility index (Phi) is 6.65. The third kappa shape index (κ3) is 4.71. The van der Waals surface area contributed by atoms with Crippen LogP contribution < -0.4 is 5.32 Å². The zero-order valence-electron chi connectivity index (χ0n) is 19.3. The van der Waals surface area contributed by atoms with Gasteiger partial charge in [-0.05, 0) is 62.8 Å². The lowest BCUT2D eigenvalue weighted by atomic mass is 9.97. The van der Waals surface area contributed by atoms with E-state index >= 15 is 0 Å². The third-order valence-electron chi connectivity index (χ3n) is 6.40. The Morgan fingerprint density at radius 1 is 1.00 bits per heavy atom. The van der Waals surface area contributed by atoms with Crippen molar-refractivity contribution in [2.75, 3.05) is 18.4 Å². The summed E-state index contributed by atoms with van der Waals surface area (Å²) in [6, 6.07) is 11.7. The first-order valence-corrected chi connectivity index (χ1v) is 13.2. The Morgan fingerprint density at radius 3 is 2.21 bits per heavy atom. The highest BCUT2D eigenvalue weighted by molar-refractivity contribution is 7.89. The molecule has 0 bridgehead atoms. The molecule has 9 heteroatoms. The number of amides is 1. The fourth-order valence-corrected chi connectivity index (χ4v) is 7.03. The molecular formula is C24H28N4O3S2. The third-order valence-corrected chi connectivity index (χ3v) is 9.46. The SMILES string of the molecule is Cc1cc(C)c(C)c(S(=O)(=O)N2CCC(C(=O)Nc3nnc(-c4ccccc4)s3)CC2)c1C. The number of carbonyl (C=O) groups excluding carboxylic acids is 1. The van der Waals surface area contributed by atoms with Crippen LogP contribution in [0.25, 0.3) is 10.6 Å². The summed E-state index contributed by atoms with van der Waals surface area (Å²) in [7, 11) is -3.62. The van der Waals surface area contributed by atoms with Crippen LogP contribution in [0.1, 0.15) is 35.1 Å². The van der Waals surface area contributed by atoms with Crippen molar-refractivity contribution in [3.63, 3.8) is 0 Å². The molecule has 4 rings (SSSR count). The topological polar surface area (TPSA) is 92.3 Å². The number of rotatable bonds is 5. The molecule has 1 amide bonds. The number of hydrogen-bond acceptors (Lipinski definition) is 6. The van der Waals surface area contributed by atoms with Crippen molar-refractivity contribution >= 4 is 32.4 Å². The number of carbonyl (C=O) groups is 1. The van der Waals surface area contributed by atoms with E-state index in [9.17, 15) is 13.2 Å². The Balaban J connectivity index is 1.42. The van der Waals surface area contributed by atoms with Crippen LogP contribution in [0.5, 0.6) is 0 Å². The normalized spacial score (nSPS) is 15.5. The van der Waals surface area contributed by atoms with Crippen molar-refractivity contribution < 1.29 is 13.2 Å². The molecule has 0 aliphatic carbocycles. The molecule has 0 unspecified atom stereocenters. The maximum Gasteiger partial charge on any atom is 0.243 e. The van der Waals surface area contributed by atoms with E-state index in [1.165, 1.54) is 15.6 Å². The van der Waals surface area contributed by atoms with E-state index in [1.807, 2.05) is 64.1 Å². The standard InChI is InChI=1S/C24H28N4O3S2/c1-15-14-16(2)18(4)21(17(15)3)33(30,31)28-12-10-19(11-13-28)22(29)25-24-27-26-23(32-24)20-8-6-5-7-9-20/h5-9,14,19H,10-13H2,1-4H3,(H,25,27,29). The highest BCUT2D eigenvalue weighted by Gasteiger charge is 2.34. The molecule has 0 atom stereocenters. The molecule has 1 aliphatic heterocycles. The average molecular weight is 485 g/mol. The quantitative estimate of drug-likeness (QED) is 0.577. The van der Waals surface area contributed by atoms with Crippen molar-refractivity contribution in [1.82, 2.24) is 14.5 Å². The van der Waals surface area contributed by atoms with E-state index in [0.29, 0.717) is 36.0 Å². The maximum absolute atomic E-state index is 13.4. The predicted molar refractivity (Wildman–Crippen MR) is 131 cm³/mol. The molecule has 1 N–H and O–H groups in total. The molecule has 3 aromatic rings. The van der Waals surface area contributed by atoms with Crippen molar-refractivity contribution in [3.05, 3.63) is 58.7 Å². The first-order chi connectivity index (χ1) is 15.7. The minimum absolute atomic E-state index is 0.137. The Hall–Kier alpha value is -2.62. The van der Waals surface area contributed by atoms with Crippen LogP contribution in [0.4, 0.5) is 5.13 Å². The molecule has 2 aromatic carbocycles. The number of aromatic nitrogens is 2. The van der Waals surface area contributed by atoms with E-state index < -0.39 is 10.0 Å². The molecule has 0 radical (unpaired) electrons. The predicted octanol–water partition coefficient (Wildman–Crippen LogP) is 4.48. The number of nitrogens with one attached hydrogen (secondary N) is 1. The van der Waals surface area contributed by atoms with Gasteiger partial charge in [0.05, 0.1) is 4.90 Å². The van der Waals surface area contributed by atoms with Crippen LogP contribution in [-0.2, 0) is 14.8 Å². The smallest absolute Gasteiger partial charge is 0.243 e. The largest absolute Gasteiger partial charge is 0.300 e. The molecule has 1 aromatic heterocycles. The number of nitrogens with zero attached hydrogens (tertiary/aromatic N) is 3.